The van der Waals surface area contributed by atoms with Crippen molar-refractivity contribution in [1.29, 1.82) is 0 Å². The predicted molar refractivity (Wildman–Crippen MR) is 116 cm³/mol. The molecular formula is C23H20ClN3O2. The number of carbonyl (C=O) groups is 1. The predicted octanol–water partition coefficient (Wildman–Crippen LogP) is 4.63. The van der Waals surface area contributed by atoms with E-state index in [1.165, 1.54) is 5.56 Å². The number of hydrogen-bond donors (Lipinski definition) is 1. The molecule has 4 rings (SSSR count). The van der Waals surface area contributed by atoms with Crippen molar-refractivity contribution in [3.8, 4) is 5.75 Å². The van der Waals surface area contributed by atoms with Crippen LogP contribution < -0.4 is 15.1 Å². The van der Waals surface area contributed by atoms with Crippen molar-refractivity contribution in [2.45, 2.75) is 13.1 Å². The maximum Gasteiger partial charge on any atom is 0.271 e. The number of hydrogen-bond acceptors (Lipinski definition) is 4. The molecule has 1 heterocycles. The van der Waals surface area contributed by atoms with Gasteiger partial charge in [-0.25, -0.2) is 5.43 Å². The SMILES string of the molecule is COc1ccc(N2Cc3ccc(C(=O)N/N=C\c4ccccc4Cl)cc3C2)cc1. The van der Waals surface area contributed by atoms with Crippen LogP contribution in [0, 0.1) is 0 Å². The van der Waals surface area contributed by atoms with E-state index >= 15 is 0 Å². The highest BCUT2D eigenvalue weighted by Crippen LogP contribution is 2.30. The number of ether oxygens (including phenoxy) is 1. The zero-order chi connectivity index (χ0) is 20.2. The molecule has 1 aliphatic heterocycles. The number of anilines is 1. The molecule has 1 aliphatic rings. The molecule has 1 amide bonds. The van der Waals surface area contributed by atoms with E-state index in [1.807, 2.05) is 60.7 Å². The van der Waals surface area contributed by atoms with E-state index in [2.05, 4.69) is 15.4 Å². The Bertz CT molecular complexity index is 1060. The lowest BCUT2D eigenvalue weighted by Gasteiger charge is -2.17. The van der Waals surface area contributed by atoms with E-state index in [-0.39, 0.29) is 5.91 Å². The molecule has 0 aliphatic carbocycles. The first-order valence-corrected chi connectivity index (χ1v) is 9.60. The van der Waals surface area contributed by atoms with Crippen LogP contribution in [0.3, 0.4) is 0 Å². The van der Waals surface area contributed by atoms with E-state index < -0.39 is 0 Å². The lowest BCUT2D eigenvalue weighted by atomic mass is 10.1. The first-order valence-electron chi connectivity index (χ1n) is 9.23. The number of fused-ring (bicyclic) bond motifs is 1. The van der Waals surface area contributed by atoms with Gasteiger partial charge in [-0.1, -0.05) is 35.9 Å². The number of rotatable bonds is 5. The van der Waals surface area contributed by atoms with Crippen molar-refractivity contribution in [1.82, 2.24) is 5.43 Å². The molecule has 0 unspecified atom stereocenters. The lowest BCUT2D eigenvalue weighted by molar-refractivity contribution is 0.0955. The van der Waals surface area contributed by atoms with Gasteiger partial charge in [-0.3, -0.25) is 4.79 Å². The zero-order valence-corrected chi connectivity index (χ0v) is 16.7. The third-order valence-corrected chi connectivity index (χ3v) is 5.25. The van der Waals surface area contributed by atoms with Crippen molar-refractivity contribution in [2.75, 3.05) is 12.0 Å². The largest absolute Gasteiger partial charge is 0.497 e. The highest BCUT2D eigenvalue weighted by Gasteiger charge is 2.20. The molecule has 0 spiro atoms. The molecule has 6 heteroatoms. The first kappa shape index (κ1) is 19.0. The fourth-order valence-electron chi connectivity index (χ4n) is 3.32. The van der Waals surface area contributed by atoms with Gasteiger partial charge in [-0.2, -0.15) is 5.10 Å². The number of carbonyl (C=O) groups excluding carboxylic acids is 1. The highest BCUT2D eigenvalue weighted by atomic mass is 35.5. The van der Waals surface area contributed by atoms with E-state index in [1.54, 1.807) is 19.4 Å². The molecule has 0 saturated heterocycles. The van der Waals surface area contributed by atoms with Crippen LogP contribution in [-0.4, -0.2) is 19.2 Å². The van der Waals surface area contributed by atoms with Crippen LogP contribution in [0.25, 0.3) is 0 Å². The van der Waals surface area contributed by atoms with Gasteiger partial charge < -0.3 is 9.64 Å². The second kappa shape index (κ2) is 8.37. The van der Waals surface area contributed by atoms with Crippen molar-refractivity contribution in [3.05, 3.63) is 94.0 Å². The first-order chi connectivity index (χ1) is 14.1. The Hall–Kier alpha value is -3.31. The number of methoxy groups -OCH3 is 1. The summed E-state index contributed by atoms with van der Waals surface area (Å²) in [7, 11) is 1.66. The fourth-order valence-corrected chi connectivity index (χ4v) is 3.50. The summed E-state index contributed by atoms with van der Waals surface area (Å²) in [4.78, 5) is 14.7. The van der Waals surface area contributed by atoms with E-state index in [0.717, 1.165) is 35.7 Å². The number of halogens is 1. The normalized spacial score (nSPS) is 12.8. The third-order valence-electron chi connectivity index (χ3n) is 4.90. The number of benzene rings is 3. The lowest BCUT2D eigenvalue weighted by Crippen LogP contribution is -2.18. The number of hydrazone groups is 1. The van der Waals surface area contributed by atoms with Gasteiger partial charge in [0.25, 0.3) is 5.91 Å². The number of nitrogens with one attached hydrogen (secondary N) is 1. The molecule has 0 radical (unpaired) electrons. The summed E-state index contributed by atoms with van der Waals surface area (Å²) in [5, 5.41) is 4.60. The maximum absolute atomic E-state index is 12.5. The van der Waals surface area contributed by atoms with Gasteiger partial charge in [0, 0.05) is 34.9 Å². The van der Waals surface area contributed by atoms with Crippen LogP contribution in [0.4, 0.5) is 5.69 Å². The molecule has 5 nitrogen and oxygen atoms in total. The second-order valence-electron chi connectivity index (χ2n) is 6.76. The summed E-state index contributed by atoms with van der Waals surface area (Å²) in [6.45, 7) is 1.57. The highest BCUT2D eigenvalue weighted by molar-refractivity contribution is 6.33. The summed E-state index contributed by atoms with van der Waals surface area (Å²) >= 11 is 6.09. The van der Waals surface area contributed by atoms with Crippen LogP contribution in [0.1, 0.15) is 27.0 Å². The average Bonchev–Trinajstić information content (AvgIpc) is 3.18. The molecule has 146 valence electrons. The molecule has 0 aromatic heterocycles. The molecule has 0 bridgehead atoms. The molecule has 0 atom stereocenters. The van der Waals surface area contributed by atoms with Crippen molar-refractivity contribution in [2.24, 2.45) is 5.10 Å². The van der Waals surface area contributed by atoms with Crippen LogP contribution in [0.5, 0.6) is 5.75 Å². The van der Waals surface area contributed by atoms with Crippen LogP contribution >= 0.6 is 11.6 Å². The maximum atomic E-state index is 12.5. The van der Waals surface area contributed by atoms with Gasteiger partial charge in [0.05, 0.1) is 13.3 Å². The molecule has 0 fully saturated rings. The molecule has 3 aromatic carbocycles. The van der Waals surface area contributed by atoms with Gasteiger partial charge in [0.15, 0.2) is 0 Å². The Balaban J connectivity index is 1.43. The molecule has 1 N–H and O–H groups in total. The molecule has 0 saturated carbocycles. The Labute approximate surface area is 174 Å². The zero-order valence-electron chi connectivity index (χ0n) is 15.9. The van der Waals surface area contributed by atoms with Crippen molar-refractivity contribution in [3.63, 3.8) is 0 Å². The summed E-state index contributed by atoms with van der Waals surface area (Å²) in [5.74, 6) is 0.584. The van der Waals surface area contributed by atoms with Gasteiger partial charge in [-0.05, 0) is 53.6 Å². The third kappa shape index (κ3) is 4.25. The number of nitrogens with zero attached hydrogens (tertiary/aromatic N) is 2. The van der Waals surface area contributed by atoms with Crippen LogP contribution in [-0.2, 0) is 13.1 Å². The van der Waals surface area contributed by atoms with Gasteiger partial charge in [-0.15, -0.1) is 0 Å². The minimum absolute atomic E-state index is 0.251. The standard InChI is InChI=1S/C23H20ClN3O2/c1-29-21-10-8-20(9-11-21)27-14-18-7-6-16(12-19(18)15-27)23(28)26-25-13-17-4-2-3-5-22(17)24/h2-13H,14-15H2,1H3,(H,26,28)/b25-13-. The van der Waals surface area contributed by atoms with Gasteiger partial charge in [0.2, 0.25) is 0 Å². The van der Waals surface area contributed by atoms with E-state index in [9.17, 15) is 4.79 Å². The Morgan fingerprint density at radius 3 is 2.59 bits per heavy atom. The summed E-state index contributed by atoms with van der Waals surface area (Å²) < 4.78 is 5.22. The molecule has 29 heavy (non-hydrogen) atoms. The molecule has 3 aromatic rings. The Morgan fingerprint density at radius 2 is 1.83 bits per heavy atom. The summed E-state index contributed by atoms with van der Waals surface area (Å²) in [6.07, 6.45) is 1.54. The minimum atomic E-state index is -0.251. The van der Waals surface area contributed by atoms with Gasteiger partial charge >= 0.3 is 0 Å². The summed E-state index contributed by atoms with van der Waals surface area (Å²) in [5.41, 5.74) is 7.38. The topological polar surface area (TPSA) is 53.9 Å². The monoisotopic (exact) mass is 405 g/mol. The summed E-state index contributed by atoms with van der Waals surface area (Å²) in [6, 6.07) is 21.1. The van der Waals surface area contributed by atoms with Gasteiger partial charge in [0.1, 0.15) is 5.75 Å². The molecular weight excluding hydrogens is 386 g/mol. The average molecular weight is 406 g/mol. The quantitative estimate of drug-likeness (QED) is 0.497. The van der Waals surface area contributed by atoms with Crippen molar-refractivity contribution < 1.29 is 9.53 Å². The smallest absolute Gasteiger partial charge is 0.271 e. The second-order valence-corrected chi connectivity index (χ2v) is 7.17. The van der Waals surface area contributed by atoms with Crippen LogP contribution in [0.15, 0.2) is 71.8 Å². The Kier molecular flexibility index (Phi) is 5.49. The van der Waals surface area contributed by atoms with Crippen molar-refractivity contribution >= 4 is 29.4 Å². The Morgan fingerprint density at radius 1 is 1.07 bits per heavy atom. The van der Waals surface area contributed by atoms with Crippen LogP contribution in [0.2, 0.25) is 5.02 Å². The van der Waals surface area contributed by atoms with E-state index in [4.69, 9.17) is 16.3 Å². The fraction of sp³-hybridized carbons (Fsp3) is 0.130. The minimum Gasteiger partial charge on any atom is -0.497 e. The number of amides is 1. The van der Waals surface area contributed by atoms with E-state index in [0.29, 0.717) is 10.6 Å².